The summed E-state index contributed by atoms with van der Waals surface area (Å²) in [6, 6.07) is 10.3. The molecule has 104 valence electrons. The van der Waals surface area contributed by atoms with Crippen molar-refractivity contribution < 1.29 is 14.7 Å². The molecule has 1 aromatic carbocycles. The number of benzene rings is 1. The summed E-state index contributed by atoms with van der Waals surface area (Å²) in [6.45, 7) is 0.410. The third-order valence-corrected chi connectivity index (χ3v) is 3.65. The number of carbonyl (C=O) groups is 2. The Morgan fingerprint density at radius 1 is 1.10 bits per heavy atom. The Morgan fingerprint density at radius 2 is 1.85 bits per heavy atom. The third kappa shape index (κ3) is 3.31. The highest BCUT2D eigenvalue weighted by Crippen LogP contribution is 2.18. The Hall–Kier alpha value is -1.98. The maximum absolute atomic E-state index is 12.4. The molecule has 20 heavy (non-hydrogen) atoms. The molecule has 0 radical (unpaired) electrons. The van der Waals surface area contributed by atoms with E-state index in [0.717, 1.165) is 0 Å². The first-order valence-corrected chi connectivity index (χ1v) is 7.18. The van der Waals surface area contributed by atoms with Gasteiger partial charge in [0.2, 0.25) is 5.78 Å². The lowest BCUT2D eigenvalue weighted by Crippen LogP contribution is -2.26. The Balaban J connectivity index is 2.22. The van der Waals surface area contributed by atoms with Gasteiger partial charge in [0, 0.05) is 18.7 Å². The van der Waals surface area contributed by atoms with Gasteiger partial charge >= 0.3 is 0 Å². The van der Waals surface area contributed by atoms with E-state index in [4.69, 9.17) is 5.11 Å². The summed E-state index contributed by atoms with van der Waals surface area (Å²) in [5.41, 5.74) is 0.764. The quantitative estimate of drug-likeness (QED) is 0.632. The first kappa shape index (κ1) is 14.4. The van der Waals surface area contributed by atoms with E-state index < -0.39 is 0 Å². The highest BCUT2D eigenvalue weighted by Gasteiger charge is 2.18. The van der Waals surface area contributed by atoms with Gasteiger partial charge in [-0.2, -0.15) is 0 Å². The van der Waals surface area contributed by atoms with Crippen LogP contribution in [0.4, 0.5) is 0 Å². The summed E-state index contributed by atoms with van der Waals surface area (Å²) in [5, 5.41) is 13.2. The molecule has 2 aromatic rings. The zero-order valence-electron chi connectivity index (χ0n) is 10.8. The van der Waals surface area contributed by atoms with Crippen LogP contribution in [0.3, 0.4) is 0 Å². The normalized spacial score (nSPS) is 10.2. The smallest absolute Gasteiger partial charge is 0.252 e. The van der Waals surface area contributed by atoms with Crippen LogP contribution in [0.1, 0.15) is 32.0 Å². The molecular formula is C15H15NO3S. The number of aliphatic hydroxyl groups is 1. The highest BCUT2D eigenvalue weighted by atomic mass is 32.1. The van der Waals surface area contributed by atoms with Gasteiger partial charge in [-0.3, -0.25) is 9.59 Å². The average molecular weight is 289 g/mol. The molecule has 2 N–H and O–H groups in total. The number of ketones is 1. The summed E-state index contributed by atoms with van der Waals surface area (Å²) in [4.78, 5) is 25.0. The van der Waals surface area contributed by atoms with Gasteiger partial charge in [0.05, 0.1) is 10.4 Å². The molecule has 0 bridgehead atoms. The molecule has 0 aliphatic carbocycles. The van der Waals surface area contributed by atoms with Crippen molar-refractivity contribution in [2.24, 2.45) is 0 Å². The molecule has 0 fully saturated rings. The number of nitrogens with one attached hydrogen (secondary N) is 1. The van der Waals surface area contributed by atoms with Crippen LogP contribution in [-0.2, 0) is 0 Å². The van der Waals surface area contributed by atoms with Crippen molar-refractivity contribution in [3.05, 3.63) is 57.8 Å². The molecule has 0 saturated heterocycles. The SMILES string of the molecule is O=C(NCCCO)c1ccccc1C(=O)c1cccs1. The largest absolute Gasteiger partial charge is 0.396 e. The first-order chi connectivity index (χ1) is 9.74. The number of hydrogen-bond donors (Lipinski definition) is 2. The summed E-state index contributed by atoms with van der Waals surface area (Å²) < 4.78 is 0. The van der Waals surface area contributed by atoms with Crippen molar-refractivity contribution in [3.8, 4) is 0 Å². The maximum atomic E-state index is 12.4. The summed E-state index contributed by atoms with van der Waals surface area (Å²) in [5.74, 6) is -0.438. The van der Waals surface area contributed by atoms with Crippen molar-refractivity contribution >= 4 is 23.0 Å². The lowest BCUT2D eigenvalue weighted by Gasteiger charge is -2.08. The number of carbonyl (C=O) groups excluding carboxylic acids is 2. The van der Waals surface area contributed by atoms with E-state index in [1.807, 2.05) is 11.4 Å². The van der Waals surface area contributed by atoms with E-state index in [9.17, 15) is 9.59 Å². The van der Waals surface area contributed by atoms with Gasteiger partial charge in [0.15, 0.2) is 0 Å². The lowest BCUT2D eigenvalue weighted by atomic mass is 10.0. The number of aliphatic hydroxyl groups excluding tert-OH is 1. The molecule has 0 aliphatic rings. The molecule has 1 aromatic heterocycles. The minimum atomic E-state index is -0.293. The predicted molar refractivity (Wildman–Crippen MR) is 78.2 cm³/mol. The van der Waals surface area contributed by atoms with Crippen LogP contribution < -0.4 is 5.32 Å². The first-order valence-electron chi connectivity index (χ1n) is 6.30. The number of thiophene rings is 1. The van der Waals surface area contributed by atoms with Crippen LogP contribution >= 0.6 is 11.3 Å². The van der Waals surface area contributed by atoms with Gasteiger partial charge in [-0.05, 0) is 23.9 Å². The van der Waals surface area contributed by atoms with Gasteiger partial charge in [0.25, 0.3) is 5.91 Å². The molecular weight excluding hydrogens is 274 g/mol. The topological polar surface area (TPSA) is 66.4 Å². The van der Waals surface area contributed by atoms with Crippen molar-refractivity contribution in [2.45, 2.75) is 6.42 Å². The van der Waals surface area contributed by atoms with Crippen LogP contribution in [-0.4, -0.2) is 29.9 Å². The predicted octanol–water partition coefficient (Wildman–Crippen LogP) is 2.09. The van der Waals surface area contributed by atoms with Crippen molar-refractivity contribution in [3.63, 3.8) is 0 Å². The van der Waals surface area contributed by atoms with Crippen LogP contribution in [0.15, 0.2) is 41.8 Å². The van der Waals surface area contributed by atoms with Crippen LogP contribution in [0.2, 0.25) is 0 Å². The highest BCUT2D eigenvalue weighted by molar-refractivity contribution is 7.12. The van der Waals surface area contributed by atoms with E-state index >= 15 is 0 Å². The van der Waals surface area contributed by atoms with Gasteiger partial charge in [-0.15, -0.1) is 11.3 Å². The molecule has 0 aliphatic heterocycles. The second-order valence-corrected chi connectivity index (χ2v) is 5.13. The number of rotatable bonds is 6. The zero-order valence-corrected chi connectivity index (χ0v) is 11.7. The van der Waals surface area contributed by atoms with Gasteiger partial charge < -0.3 is 10.4 Å². The summed E-state index contributed by atoms with van der Waals surface area (Å²) >= 11 is 1.35. The fraction of sp³-hybridized carbons (Fsp3) is 0.200. The molecule has 0 unspecified atom stereocenters. The Morgan fingerprint density at radius 3 is 2.50 bits per heavy atom. The molecule has 1 amide bonds. The molecule has 0 atom stereocenters. The Bertz CT molecular complexity index is 593. The van der Waals surface area contributed by atoms with Crippen LogP contribution in [0, 0.1) is 0 Å². The molecule has 5 heteroatoms. The summed E-state index contributed by atoms with van der Waals surface area (Å²) in [6.07, 6.45) is 0.493. The van der Waals surface area contributed by atoms with E-state index in [-0.39, 0.29) is 18.3 Å². The molecule has 0 spiro atoms. The van der Waals surface area contributed by atoms with Crippen molar-refractivity contribution in [2.75, 3.05) is 13.2 Å². The zero-order chi connectivity index (χ0) is 14.4. The lowest BCUT2D eigenvalue weighted by molar-refractivity contribution is 0.0940. The van der Waals surface area contributed by atoms with Crippen molar-refractivity contribution in [1.82, 2.24) is 5.32 Å². The minimum absolute atomic E-state index is 0.0239. The van der Waals surface area contributed by atoms with E-state index in [0.29, 0.717) is 29.0 Å². The molecule has 0 saturated carbocycles. The number of hydrogen-bond acceptors (Lipinski definition) is 4. The second kappa shape index (κ2) is 6.98. The molecule has 1 heterocycles. The number of amides is 1. The maximum Gasteiger partial charge on any atom is 0.252 e. The average Bonchev–Trinajstić information content (AvgIpc) is 3.01. The van der Waals surface area contributed by atoms with E-state index in [2.05, 4.69) is 5.32 Å². The minimum Gasteiger partial charge on any atom is -0.396 e. The van der Waals surface area contributed by atoms with E-state index in [1.165, 1.54) is 11.3 Å². The second-order valence-electron chi connectivity index (χ2n) is 4.19. The third-order valence-electron chi connectivity index (χ3n) is 2.78. The summed E-state index contributed by atoms with van der Waals surface area (Å²) in [7, 11) is 0. The molecule has 4 nitrogen and oxygen atoms in total. The monoisotopic (exact) mass is 289 g/mol. The molecule has 2 rings (SSSR count). The van der Waals surface area contributed by atoms with E-state index in [1.54, 1.807) is 30.3 Å². The fourth-order valence-corrected chi connectivity index (χ4v) is 2.47. The standard InChI is InChI=1S/C15H15NO3S/c17-9-4-8-16-15(19)12-6-2-1-5-11(12)14(18)13-7-3-10-20-13/h1-3,5-7,10,17H,4,8-9H2,(H,16,19). The van der Waals surface area contributed by atoms with Gasteiger partial charge in [0.1, 0.15) is 0 Å². The van der Waals surface area contributed by atoms with Gasteiger partial charge in [-0.1, -0.05) is 24.3 Å². The Labute approximate surface area is 121 Å². The van der Waals surface area contributed by atoms with Gasteiger partial charge in [-0.25, -0.2) is 0 Å². The fourth-order valence-electron chi connectivity index (χ4n) is 1.80. The van der Waals surface area contributed by atoms with Crippen molar-refractivity contribution in [1.29, 1.82) is 0 Å². The Kier molecular flexibility index (Phi) is 5.03. The van der Waals surface area contributed by atoms with Crippen LogP contribution in [0.5, 0.6) is 0 Å². The van der Waals surface area contributed by atoms with Crippen LogP contribution in [0.25, 0.3) is 0 Å².